The number of benzene rings is 1. The van der Waals surface area contributed by atoms with Gasteiger partial charge in [-0.15, -0.1) is 5.10 Å². The monoisotopic (exact) mass is 355 g/mol. The fourth-order valence-electron chi connectivity index (χ4n) is 3.00. The van der Waals surface area contributed by atoms with Crippen LogP contribution in [0.3, 0.4) is 0 Å². The van der Waals surface area contributed by atoms with Gasteiger partial charge in [0.2, 0.25) is 0 Å². The fraction of sp³-hybridized carbons (Fsp3) is 0.176. The molecular formula is C17H15F2N7. The van der Waals surface area contributed by atoms with Crippen LogP contribution >= 0.6 is 0 Å². The fourth-order valence-corrected chi connectivity index (χ4v) is 3.00. The molecule has 132 valence electrons. The van der Waals surface area contributed by atoms with Crippen molar-refractivity contribution in [2.24, 2.45) is 0 Å². The molecule has 26 heavy (non-hydrogen) atoms. The average molecular weight is 355 g/mol. The summed E-state index contributed by atoms with van der Waals surface area (Å²) in [4.78, 5) is 8.29. The molecular weight excluding hydrogens is 340 g/mol. The van der Waals surface area contributed by atoms with E-state index in [1.807, 2.05) is 23.8 Å². The number of hydrogen-bond donors (Lipinski definition) is 1. The Labute approximate surface area is 147 Å². The van der Waals surface area contributed by atoms with E-state index in [0.717, 1.165) is 11.5 Å². The van der Waals surface area contributed by atoms with Gasteiger partial charge in [0.25, 0.3) is 0 Å². The molecule has 3 heterocycles. The molecule has 0 aliphatic rings. The molecule has 2 N–H and O–H groups in total. The molecule has 0 spiro atoms. The highest BCUT2D eigenvalue weighted by molar-refractivity contribution is 5.86. The highest BCUT2D eigenvalue weighted by Gasteiger charge is 2.20. The maximum Gasteiger partial charge on any atom is 0.151 e. The van der Waals surface area contributed by atoms with Crippen LogP contribution in [0.1, 0.15) is 25.1 Å². The van der Waals surface area contributed by atoms with Gasteiger partial charge >= 0.3 is 0 Å². The minimum absolute atomic E-state index is 0.129. The van der Waals surface area contributed by atoms with E-state index in [9.17, 15) is 8.78 Å². The van der Waals surface area contributed by atoms with Crippen LogP contribution in [0.5, 0.6) is 0 Å². The summed E-state index contributed by atoms with van der Waals surface area (Å²) in [6.45, 7) is 2.00. The number of nitrogens with zero attached hydrogens (tertiary/aromatic N) is 6. The van der Waals surface area contributed by atoms with E-state index in [4.69, 9.17) is 5.73 Å². The molecule has 3 aromatic heterocycles. The quantitative estimate of drug-likeness (QED) is 0.608. The molecule has 0 aliphatic carbocycles. The molecule has 0 saturated heterocycles. The predicted octanol–water partition coefficient (Wildman–Crippen LogP) is 2.87. The largest absolute Gasteiger partial charge is 0.383 e. The first-order valence-corrected chi connectivity index (χ1v) is 8.03. The topological polar surface area (TPSA) is 87.4 Å². The maximum absolute atomic E-state index is 14.0. The van der Waals surface area contributed by atoms with Crippen molar-refractivity contribution >= 4 is 16.9 Å². The highest BCUT2D eigenvalue weighted by atomic mass is 19.1. The Kier molecular flexibility index (Phi) is 3.83. The molecule has 0 radical (unpaired) electrons. The molecule has 7 nitrogen and oxygen atoms in total. The summed E-state index contributed by atoms with van der Waals surface area (Å²) in [5.41, 5.74) is 7.34. The second kappa shape index (κ2) is 6.17. The minimum atomic E-state index is -0.707. The van der Waals surface area contributed by atoms with Crippen molar-refractivity contribution < 1.29 is 8.78 Å². The average Bonchev–Trinajstić information content (AvgIpc) is 3.25. The summed E-state index contributed by atoms with van der Waals surface area (Å²) < 4.78 is 30.3. The van der Waals surface area contributed by atoms with Crippen molar-refractivity contribution in [1.82, 2.24) is 29.5 Å². The number of anilines is 1. The van der Waals surface area contributed by atoms with Crippen molar-refractivity contribution in [3.05, 3.63) is 60.3 Å². The number of aromatic nitrogens is 6. The lowest BCUT2D eigenvalue weighted by atomic mass is 10.1. The molecule has 1 atom stereocenters. The maximum atomic E-state index is 14.0. The highest BCUT2D eigenvalue weighted by Crippen LogP contribution is 2.27. The number of hydrogen-bond acceptors (Lipinski definition) is 5. The van der Waals surface area contributed by atoms with Crippen LogP contribution in [0.2, 0.25) is 0 Å². The van der Waals surface area contributed by atoms with E-state index in [0.29, 0.717) is 23.6 Å². The summed E-state index contributed by atoms with van der Waals surface area (Å²) in [7, 11) is 0. The first-order valence-electron chi connectivity index (χ1n) is 8.03. The van der Waals surface area contributed by atoms with Gasteiger partial charge in [0.15, 0.2) is 5.82 Å². The van der Waals surface area contributed by atoms with E-state index in [1.165, 1.54) is 23.1 Å². The van der Waals surface area contributed by atoms with Gasteiger partial charge in [0.1, 0.15) is 35.0 Å². The minimum Gasteiger partial charge on any atom is -0.383 e. The third kappa shape index (κ3) is 2.57. The van der Waals surface area contributed by atoms with Crippen LogP contribution in [0, 0.1) is 11.6 Å². The Morgan fingerprint density at radius 1 is 1.19 bits per heavy atom. The van der Waals surface area contributed by atoms with Gasteiger partial charge in [-0.2, -0.15) is 0 Å². The zero-order chi connectivity index (χ0) is 18.3. The predicted molar refractivity (Wildman–Crippen MR) is 91.6 cm³/mol. The molecule has 0 fully saturated rings. The summed E-state index contributed by atoms with van der Waals surface area (Å²) in [6.07, 6.45) is 5.60. The lowest BCUT2D eigenvalue weighted by Crippen LogP contribution is -2.10. The van der Waals surface area contributed by atoms with Gasteiger partial charge in [-0.1, -0.05) is 12.1 Å². The third-order valence-corrected chi connectivity index (χ3v) is 4.27. The van der Waals surface area contributed by atoms with Gasteiger partial charge in [-0.05, 0) is 24.6 Å². The number of fused-ring (bicyclic) bond motifs is 1. The summed E-state index contributed by atoms with van der Waals surface area (Å²) in [6, 6.07) is 4.99. The van der Waals surface area contributed by atoms with E-state index >= 15 is 0 Å². The van der Waals surface area contributed by atoms with Crippen molar-refractivity contribution in [2.45, 2.75) is 19.4 Å². The van der Waals surface area contributed by atoms with E-state index in [1.54, 1.807) is 6.20 Å². The van der Waals surface area contributed by atoms with Crippen LogP contribution in [0.25, 0.3) is 16.7 Å². The van der Waals surface area contributed by atoms with Crippen LogP contribution < -0.4 is 5.73 Å². The molecule has 4 rings (SSSR count). The second-order valence-electron chi connectivity index (χ2n) is 5.83. The molecule has 0 bridgehead atoms. The van der Waals surface area contributed by atoms with E-state index in [-0.39, 0.29) is 11.7 Å². The molecule has 1 aromatic carbocycles. The Balaban J connectivity index is 1.76. The summed E-state index contributed by atoms with van der Waals surface area (Å²) in [5.74, 6) is -0.948. The van der Waals surface area contributed by atoms with E-state index in [2.05, 4.69) is 20.3 Å². The van der Waals surface area contributed by atoms with Crippen LogP contribution in [0.4, 0.5) is 14.6 Å². The normalized spacial score (nSPS) is 12.6. The van der Waals surface area contributed by atoms with Gasteiger partial charge in [0.05, 0.1) is 17.6 Å². The molecule has 1 unspecified atom stereocenters. The lowest BCUT2D eigenvalue weighted by molar-refractivity contribution is 0.564. The smallest absolute Gasteiger partial charge is 0.151 e. The molecule has 9 heteroatoms. The molecule has 0 saturated carbocycles. The second-order valence-corrected chi connectivity index (χ2v) is 5.83. The van der Waals surface area contributed by atoms with Crippen LogP contribution in [-0.4, -0.2) is 29.5 Å². The number of nitrogens with two attached hydrogens (primary N) is 1. The van der Waals surface area contributed by atoms with Gasteiger partial charge in [-0.3, -0.25) is 0 Å². The van der Waals surface area contributed by atoms with Crippen LogP contribution in [-0.2, 0) is 0 Å². The number of nitrogen functional groups attached to an aromatic ring is 1. The van der Waals surface area contributed by atoms with Gasteiger partial charge in [-0.25, -0.2) is 23.4 Å². The Hall–Kier alpha value is -3.36. The Morgan fingerprint density at radius 2 is 2.04 bits per heavy atom. The van der Waals surface area contributed by atoms with Gasteiger partial charge in [0, 0.05) is 12.3 Å². The van der Waals surface area contributed by atoms with Crippen molar-refractivity contribution in [2.75, 3.05) is 5.73 Å². The first-order chi connectivity index (χ1) is 12.6. The zero-order valence-corrected chi connectivity index (χ0v) is 13.8. The summed E-state index contributed by atoms with van der Waals surface area (Å²) >= 11 is 0. The molecule has 4 aromatic rings. The molecule has 0 aliphatic heterocycles. The zero-order valence-electron chi connectivity index (χ0n) is 13.8. The lowest BCUT2D eigenvalue weighted by Gasteiger charge is -2.15. The Morgan fingerprint density at radius 3 is 2.81 bits per heavy atom. The van der Waals surface area contributed by atoms with E-state index < -0.39 is 11.6 Å². The number of rotatable bonds is 4. The third-order valence-electron chi connectivity index (χ3n) is 4.27. The standard InChI is InChI=1S/C17H15F2N7/c1-2-14(25-6-5-11-16(20)21-9-22-17(11)25)13-8-26(24-23-13)15-4-3-10(18)7-12(15)19/h3-9,14H,2H2,1H3,(H2,20,21,22). The SMILES string of the molecule is CCC(c1cn(-c2ccc(F)cc2F)nn1)n1ccc2c(N)ncnc21. The number of halogens is 2. The first kappa shape index (κ1) is 16.1. The summed E-state index contributed by atoms with van der Waals surface area (Å²) in [5, 5.41) is 8.91. The van der Waals surface area contributed by atoms with Gasteiger partial charge < -0.3 is 10.3 Å². The van der Waals surface area contributed by atoms with Crippen LogP contribution in [0.15, 0.2) is 43.0 Å². The van der Waals surface area contributed by atoms with Crippen molar-refractivity contribution in [3.63, 3.8) is 0 Å². The van der Waals surface area contributed by atoms with Crippen molar-refractivity contribution in [3.8, 4) is 5.69 Å². The van der Waals surface area contributed by atoms with Crippen molar-refractivity contribution in [1.29, 1.82) is 0 Å². The Bertz CT molecular complexity index is 1090. The molecule has 0 amide bonds.